The van der Waals surface area contributed by atoms with Crippen molar-refractivity contribution in [1.82, 2.24) is 5.32 Å². The van der Waals surface area contributed by atoms with Crippen LogP contribution >= 0.6 is 0 Å². The lowest BCUT2D eigenvalue weighted by Gasteiger charge is -2.23. The number of hydrogen-bond donors (Lipinski definition) is 2. The fraction of sp³-hybridized carbons (Fsp3) is 0.474. The van der Waals surface area contributed by atoms with E-state index in [0.717, 1.165) is 29.2 Å². The number of carbonyl (C=O) groups is 2. The quantitative estimate of drug-likeness (QED) is 0.194. The van der Waals surface area contributed by atoms with Gasteiger partial charge in [-0.3, -0.25) is 4.79 Å². The third-order valence-electron chi connectivity index (χ3n) is 7.45. The number of alkyl carbamates (subject to hydrolysis) is 1. The SMILES string of the molecule is CC(CC1CC1)Nc1cc(COc2ccccc2CC(=O)OC(C)(C)C)cc(-c2cccc([C@@H](C)NC(=O)OC(C)(C)C)c2F)c1. The highest BCUT2D eigenvalue weighted by Gasteiger charge is 2.25. The van der Waals surface area contributed by atoms with Crippen LogP contribution in [0.1, 0.15) is 97.4 Å². The highest BCUT2D eigenvalue weighted by Crippen LogP contribution is 2.35. The molecule has 7 nitrogen and oxygen atoms in total. The lowest BCUT2D eigenvalue weighted by atomic mass is 9.97. The smallest absolute Gasteiger partial charge is 0.408 e. The first-order chi connectivity index (χ1) is 21.6. The van der Waals surface area contributed by atoms with Gasteiger partial charge in [0.25, 0.3) is 0 Å². The lowest BCUT2D eigenvalue weighted by molar-refractivity contribution is -0.153. The molecule has 0 radical (unpaired) electrons. The summed E-state index contributed by atoms with van der Waals surface area (Å²) in [5.74, 6) is 0.602. The Labute approximate surface area is 273 Å². The molecule has 4 rings (SSSR count). The van der Waals surface area contributed by atoms with E-state index >= 15 is 4.39 Å². The van der Waals surface area contributed by atoms with Gasteiger partial charge in [-0.1, -0.05) is 49.2 Å². The zero-order chi connectivity index (χ0) is 33.6. The summed E-state index contributed by atoms with van der Waals surface area (Å²) in [6.45, 7) is 15.0. The van der Waals surface area contributed by atoms with Crippen molar-refractivity contribution in [3.63, 3.8) is 0 Å². The molecule has 3 aromatic carbocycles. The van der Waals surface area contributed by atoms with Gasteiger partial charge < -0.3 is 24.8 Å². The molecule has 1 saturated carbocycles. The van der Waals surface area contributed by atoms with Crippen molar-refractivity contribution in [3.05, 3.63) is 83.2 Å². The van der Waals surface area contributed by atoms with Crippen molar-refractivity contribution < 1.29 is 28.2 Å². The summed E-state index contributed by atoms with van der Waals surface area (Å²) in [6.07, 6.45) is 3.09. The van der Waals surface area contributed by atoms with Gasteiger partial charge >= 0.3 is 12.1 Å². The molecule has 0 aromatic heterocycles. The molecule has 3 aromatic rings. The van der Waals surface area contributed by atoms with Crippen LogP contribution in [0.3, 0.4) is 0 Å². The first-order valence-electron chi connectivity index (χ1n) is 16.2. The predicted octanol–water partition coefficient (Wildman–Crippen LogP) is 9.14. The molecule has 0 spiro atoms. The second-order valence-corrected chi connectivity index (χ2v) is 14.4. The van der Waals surface area contributed by atoms with E-state index < -0.39 is 29.2 Å². The monoisotopic (exact) mass is 632 g/mol. The van der Waals surface area contributed by atoms with Crippen LogP contribution in [-0.2, 0) is 27.3 Å². The maximum absolute atomic E-state index is 16.2. The summed E-state index contributed by atoms with van der Waals surface area (Å²) in [5, 5.41) is 6.36. The molecular formula is C38H49FN2O5. The standard InChI is InChI=1S/C38H49FN2O5/c1-24(18-26-16-17-26)40-30-20-27(23-44-33-15-10-9-12-28(33)22-34(42)45-37(3,4)5)19-29(21-30)32-14-11-13-31(35(32)39)25(2)41-36(43)46-38(6,7)8/h9-15,19-21,24-26,40H,16-18,22-23H2,1-8H3,(H,41,43)/t24?,25-/m1/s1. The fourth-order valence-electron chi connectivity index (χ4n) is 5.37. The van der Waals surface area contributed by atoms with Gasteiger partial charge in [0.2, 0.25) is 0 Å². The number of rotatable bonds is 12. The fourth-order valence-corrected chi connectivity index (χ4v) is 5.37. The molecule has 46 heavy (non-hydrogen) atoms. The number of nitrogens with one attached hydrogen (secondary N) is 2. The molecular weight excluding hydrogens is 583 g/mol. The van der Waals surface area contributed by atoms with E-state index in [0.29, 0.717) is 22.4 Å². The van der Waals surface area contributed by atoms with Gasteiger partial charge in [-0.05, 0) is 103 Å². The van der Waals surface area contributed by atoms with Crippen LogP contribution in [0.2, 0.25) is 0 Å². The molecule has 8 heteroatoms. The molecule has 0 heterocycles. The number of para-hydroxylation sites is 1. The first-order valence-corrected chi connectivity index (χ1v) is 16.2. The second-order valence-electron chi connectivity index (χ2n) is 14.4. The Kier molecular flexibility index (Phi) is 11.0. The second kappa shape index (κ2) is 14.6. The van der Waals surface area contributed by atoms with E-state index in [1.54, 1.807) is 45.9 Å². The summed E-state index contributed by atoms with van der Waals surface area (Å²) in [6, 6.07) is 18.2. The van der Waals surface area contributed by atoms with Crippen molar-refractivity contribution >= 4 is 17.7 Å². The number of anilines is 1. The number of carbonyl (C=O) groups excluding carboxylic acids is 2. The van der Waals surface area contributed by atoms with Gasteiger partial charge in [0.15, 0.2) is 0 Å². The Morgan fingerprint density at radius 1 is 0.913 bits per heavy atom. The summed E-state index contributed by atoms with van der Waals surface area (Å²) in [4.78, 5) is 25.0. The lowest BCUT2D eigenvalue weighted by Crippen LogP contribution is -2.34. The molecule has 0 bridgehead atoms. The zero-order valence-electron chi connectivity index (χ0n) is 28.5. The highest BCUT2D eigenvalue weighted by atomic mass is 19.1. The molecule has 1 aliphatic rings. The topological polar surface area (TPSA) is 85.9 Å². The first kappa shape index (κ1) is 34.8. The van der Waals surface area contributed by atoms with Gasteiger partial charge in [0.05, 0.1) is 12.5 Å². The number of halogens is 1. The van der Waals surface area contributed by atoms with E-state index in [1.165, 1.54) is 12.8 Å². The molecule has 1 fully saturated rings. The summed E-state index contributed by atoms with van der Waals surface area (Å²) in [5.41, 5.74) is 2.67. The Morgan fingerprint density at radius 2 is 1.61 bits per heavy atom. The molecule has 2 atom stereocenters. The van der Waals surface area contributed by atoms with Crippen LogP contribution in [0.4, 0.5) is 14.9 Å². The summed E-state index contributed by atoms with van der Waals surface area (Å²) < 4.78 is 33.3. The molecule has 1 aliphatic carbocycles. The molecule has 248 valence electrons. The van der Waals surface area contributed by atoms with Crippen LogP contribution in [0.5, 0.6) is 5.75 Å². The summed E-state index contributed by atoms with van der Waals surface area (Å²) in [7, 11) is 0. The average Bonchev–Trinajstić information content (AvgIpc) is 3.74. The number of hydrogen-bond acceptors (Lipinski definition) is 6. The molecule has 1 unspecified atom stereocenters. The van der Waals surface area contributed by atoms with E-state index in [1.807, 2.05) is 63.2 Å². The van der Waals surface area contributed by atoms with E-state index in [-0.39, 0.29) is 25.0 Å². The number of amides is 1. The van der Waals surface area contributed by atoms with Gasteiger partial charge in [-0.2, -0.15) is 0 Å². The van der Waals surface area contributed by atoms with Crippen molar-refractivity contribution in [2.45, 2.75) is 111 Å². The number of benzene rings is 3. The van der Waals surface area contributed by atoms with Crippen LogP contribution in [0.25, 0.3) is 11.1 Å². The van der Waals surface area contributed by atoms with Crippen molar-refractivity contribution in [1.29, 1.82) is 0 Å². The molecule has 1 amide bonds. The predicted molar refractivity (Wildman–Crippen MR) is 180 cm³/mol. The highest BCUT2D eigenvalue weighted by molar-refractivity contribution is 5.74. The van der Waals surface area contributed by atoms with Gasteiger partial charge in [0, 0.05) is 28.4 Å². The molecule has 2 N–H and O–H groups in total. The minimum Gasteiger partial charge on any atom is -0.489 e. The van der Waals surface area contributed by atoms with E-state index in [4.69, 9.17) is 14.2 Å². The van der Waals surface area contributed by atoms with Crippen LogP contribution in [-0.4, -0.2) is 29.3 Å². The van der Waals surface area contributed by atoms with Crippen LogP contribution < -0.4 is 15.4 Å². The Balaban J connectivity index is 1.60. The van der Waals surface area contributed by atoms with Gasteiger partial charge in [-0.15, -0.1) is 0 Å². The van der Waals surface area contributed by atoms with Gasteiger partial charge in [-0.25, -0.2) is 9.18 Å². The molecule has 0 aliphatic heterocycles. The Hall–Kier alpha value is -4.07. The van der Waals surface area contributed by atoms with Gasteiger partial charge in [0.1, 0.15) is 29.4 Å². The summed E-state index contributed by atoms with van der Waals surface area (Å²) >= 11 is 0. The Bertz CT molecular complexity index is 1520. The maximum Gasteiger partial charge on any atom is 0.408 e. The zero-order valence-corrected chi connectivity index (χ0v) is 28.5. The average molecular weight is 633 g/mol. The van der Waals surface area contributed by atoms with E-state index in [9.17, 15) is 9.59 Å². The normalized spacial score (nSPS) is 14.6. The van der Waals surface area contributed by atoms with E-state index in [2.05, 4.69) is 17.6 Å². The van der Waals surface area contributed by atoms with Crippen LogP contribution in [0, 0.1) is 11.7 Å². The largest absolute Gasteiger partial charge is 0.489 e. The minimum absolute atomic E-state index is 0.0898. The number of ether oxygens (including phenoxy) is 3. The van der Waals surface area contributed by atoms with Crippen molar-refractivity contribution in [2.24, 2.45) is 5.92 Å². The number of esters is 1. The third-order valence-corrected chi connectivity index (χ3v) is 7.45. The maximum atomic E-state index is 16.2. The van der Waals surface area contributed by atoms with Crippen molar-refractivity contribution in [2.75, 3.05) is 5.32 Å². The van der Waals surface area contributed by atoms with Crippen LogP contribution in [0.15, 0.2) is 60.7 Å². The third kappa shape index (κ3) is 10.8. The van der Waals surface area contributed by atoms with Crippen molar-refractivity contribution in [3.8, 4) is 16.9 Å². The molecule has 0 saturated heterocycles. The Morgan fingerprint density at radius 3 is 2.28 bits per heavy atom. The minimum atomic E-state index is -0.664.